The lowest BCUT2D eigenvalue weighted by Crippen LogP contribution is -2.53. The van der Waals surface area contributed by atoms with Crippen molar-refractivity contribution in [1.29, 1.82) is 0 Å². The molecule has 2 aliphatic carbocycles. The molecule has 3 rings (SSSR count). The Morgan fingerprint density at radius 3 is 2.82 bits per heavy atom. The maximum atomic E-state index is 6.69. The summed E-state index contributed by atoms with van der Waals surface area (Å²) in [5, 5.41) is 8.85. The Hall–Kier alpha value is -0.223. The average molecular weight is 252 g/mol. The number of hydrogen-bond donors (Lipinski definition) is 0. The van der Waals surface area contributed by atoms with Gasteiger partial charge in [-0.1, -0.05) is 12.8 Å². The molecule has 3 aliphatic rings. The number of azo groups is 1. The third kappa shape index (κ3) is 1.89. The first-order chi connectivity index (χ1) is 8.01. The van der Waals surface area contributed by atoms with Crippen molar-refractivity contribution in [2.45, 2.75) is 63.4 Å². The quantitative estimate of drug-likeness (QED) is 0.691. The van der Waals surface area contributed by atoms with Gasteiger partial charge in [0.25, 0.3) is 0 Å². The summed E-state index contributed by atoms with van der Waals surface area (Å²) in [7, 11) is -1.50. The Kier molecular flexibility index (Phi) is 2.71. The van der Waals surface area contributed by atoms with Crippen LogP contribution in [0.2, 0.25) is 19.6 Å². The lowest BCUT2D eigenvalue weighted by Gasteiger charge is -2.45. The molecule has 2 fully saturated rings. The van der Waals surface area contributed by atoms with Crippen LogP contribution in [-0.2, 0) is 4.43 Å². The van der Waals surface area contributed by atoms with Gasteiger partial charge in [-0.25, -0.2) is 0 Å². The van der Waals surface area contributed by atoms with Crippen molar-refractivity contribution in [1.82, 2.24) is 0 Å². The second-order valence-electron chi connectivity index (χ2n) is 6.99. The van der Waals surface area contributed by atoms with Crippen LogP contribution in [0.25, 0.3) is 0 Å². The van der Waals surface area contributed by atoms with E-state index in [0.717, 1.165) is 12.5 Å². The van der Waals surface area contributed by atoms with Crippen molar-refractivity contribution in [3.05, 3.63) is 0 Å². The second-order valence-corrected chi connectivity index (χ2v) is 11.4. The maximum Gasteiger partial charge on any atom is 0.184 e. The molecule has 0 aromatic heterocycles. The molecular formula is C13H24N2OSi. The van der Waals surface area contributed by atoms with E-state index in [4.69, 9.17) is 4.43 Å². The van der Waals surface area contributed by atoms with Gasteiger partial charge in [-0.3, -0.25) is 0 Å². The largest absolute Gasteiger partial charge is 0.410 e. The van der Waals surface area contributed by atoms with Gasteiger partial charge in [-0.2, -0.15) is 10.2 Å². The summed E-state index contributed by atoms with van der Waals surface area (Å²) < 4.78 is 6.69. The highest BCUT2D eigenvalue weighted by Crippen LogP contribution is 2.54. The van der Waals surface area contributed by atoms with Gasteiger partial charge < -0.3 is 4.43 Å². The van der Waals surface area contributed by atoms with E-state index in [1.54, 1.807) is 0 Å². The number of rotatable bonds is 2. The predicted molar refractivity (Wildman–Crippen MR) is 70.7 cm³/mol. The molecule has 0 spiro atoms. The minimum Gasteiger partial charge on any atom is -0.410 e. The van der Waals surface area contributed by atoms with Gasteiger partial charge in [0, 0.05) is 5.92 Å². The summed E-state index contributed by atoms with van der Waals surface area (Å²) in [6.07, 6.45) is 6.59. The molecule has 96 valence electrons. The lowest BCUT2D eigenvalue weighted by molar-refractivity contribution is -0.0224. The Balaban J connectivity index is 1.92. The molecule has 0 radical (unpaired) electrons. The van der Waals surface area contributed by atoms with Crippen LogP contribution >= 0.6 is 0 Å². The Labute approximate surface area is 105 Å². The maximum absolute atomic E-state index is 6.69. The topological polar surface area (TPSA) is 34.0 Å². The van der Waals surface area contributed by atoms with Crippen molar-refractivity contribution in [2.24, 2.45) is 22.1 Å². The minimum atomic E-state index is -1.50. The zero-order chi connectivity index (χ0) is 12.1. The van der Waals surface area contributed by atoms with E-state index in [-0.39, 0.29) is 5.60 Å². The lowest BCUT2D eigenvalue weighted by atomic mass is 9.76. The monoisotopic (exact) mass is 252 g/mol. The average Bonchev–Trinajstić information content (AvgIpc) is 2.75. The molecule has 3 nitrogen and oxygen atoms in total. The third-order valence-corrected chi connectivity index (χ3v) is 5.61. The fraction of sp³-hybridized carbons (Fsp3) is 1.00. The van der Waals surface area contributed by atoms with Crippen LogP contribution in [0.5, 0.6) is 0 Å². The first-order valence-electron chi connectivity index (χ1n) is 7.08. The van der Waals surface area contributed by atoms with E-state index >= 15 is 0 Å². The van der Waals surface area contributed by atoms with Gasteiger partial charge in [-0.15, -0.1) is 0 Å². The number of hydrogen-bond acceptors (Lipinski definition) is 3. The summed E-state index contributed by atoms with van der Waals surface area (Å²) in [6, 6.07) is 0.388. The highest BCUT2D eigenvalue weighted by Gasteiger charge is 2.59. The Morgan fingerprint density at radius 1 is 1.24 bits per heavy atom. The molecule has 0 amide bonds. The fourth-order valence-corrected chi connectivity index (χ4v) is 5.74. The fourth-order valence-electron chi connectivity index (χ4n) is 4.21. The van der Waals surface area contributed by atoms with E-state index in [2.05, 4.69) is 29.9 Å². The van der Waals surface area contributed by atoms with Crippen molar-refractivity contribution in [3.63, 3.8) is 0 Å². The highest BCUT2D eigenvalue weighted by atomic mass is 28.4. The van der Waals surface area contributed by atoms with Crippen LogP contribution in [0, 0.1) is 11.8 Å². The molecule has 1 heterocycles. The van der Waals surface area contributed by atoms with Crippen LogP contribution < -0.4 is 0 Å². The van der Waals surface area contributed by atoms with Crippen LogP contribution in [0.3, 0.4) is 0 Å². The minimum absolute atomic E-state index is 0.0768. The molecular weight excluding hydrogens is 228 g/mol. The molecule has 1 aliphatic heterocycles. The Morgan fingerprint density at radius 2 is 2.06 bits per heavy atom. The molecule has 0 saturated heterocycles. The van der Waals surface area contributed by atoms with Crippen molar-refractivity contribution in [3.8, 4) is 0 Å². The molecule has 0 aromatic rings. The zero-order valence-corrected chi connectivity index (χ0v) is 12.3. The standard InChI is InChI=1S/C13H24N2OSi/c1-17(2,3)16-13-7-5-4-6-11(13)8-10-9-14-15-12(10)13/h10-12H,4-9H2,1-3H3/t10-,11-,12+,13-/m1/s1. The number of fused-ring (bicyclic) bond motifs is 3. The highest BCUT2D eigenvalue weighted by molar-refractivity contribution is 6.69. The van der Waals surface area contributed by atoms with Crippen molar-refractivity contribution < 1.29 is 4.43 Å². The van der Waals surface area contributed by atoms with E-state index < -0.39 is 8.32 Å². The van der Waals surface area contributed by atoms with Gasteiger partial charge in [0.1, 0.15) is 6.04 Å². The van der Waals surface area contributed by atoms with Gasteiger partial charge in [0.15, 0.2) is 8.32 Å². The summed E-state index contributed by atoms with van der Waals surface area (Å²) in [4.78, 5) is 0. The molecule has 2 saturated carbocycles. The molecule has 0 bridgehead atoms. The first-order valence-corrected chi connectivity index (χ1v) is 10.5. The van der Waals surface area contributed by atoms with Crippen molar-refractivity contribution >= 4 is 8.32 Å². The summed E-state index contributed by atoms with van der Waals surface area (Å²) >= 11 is 0. The van der Waals surface area contributed by atoms with Gasteiger partial charge in [0.2, 0.25) is 0 Å². The van der Waals surface area contributed by atoms with Crippen LogP contribution in [0.4, 0.5) is 0 Å². The zero-order valence-electron chi connectivity index (χ0n) is 11.3. The van der Waals surface area contributed by atoms with Crippen molar-refractivity contribution in [2.75, 3.05) is 6.54 Å². The SMILES string of the molecule is C[Si](C)(C)O[C@]12CCCC[C@@H]1C[C@@H]1CN=N[C@@H]12. The molecule has 0 N–H and O–H groups in total. The predicted octanol–water partition coefficient (Wildman–Crippen LogP) is 3.62. The summed E-state index contributed by atoms with van der Waals surface area (Å²) in [5.41, 5.74) is 0.0768. The third-order valence-electron chi connectivity index (χ3n) is 4.61. The van der Waals surface area contributed by atoms with Crippen LogP contribution in [0.1, 0.15) is 32.1 Å². The summed E-state index contributed by atoms with van der Waals surface area (Å²) in [6.45, 7) is 7.89. The smallest absolute Gasteiger partial charge is 0.184 e. The first kappa shape index (κ1) is 11.8. The second kappa shape index (κ2) is 3.89. The summed E-state index contributed by atoms with van der Waals surface area (Å²) in [5.74, 6) is 1.45. The number of nitrogens with zero attached hydrogens (tertiary/aromatic N) is 2. The van der Waals surface area contributed by atoms with Gasteiger partial charge >= 0.3 is 0 Å². The molecule has 17 heavy (non-hydrogen) atoms. The molecule has 0 aromatic carbocycles. The van der Waals surface area contributed by atoms with Gasteiger partial charge in [0.05, 0.1) is 12.1 Å². The molecule has 4 atom stereocenters. The van der Waals surface area contributed by atoms with Gasteiger partial charge in [-0.05, 0) is 44.8 Å². The van der Waals surface area contributed by atoms with E-state index in [9.17, 15) is 0 Å². The molecule has 4 heteroatoms. The van der Waals surface area contributed by atoms with Crippen LogP contribution in [0.15, 0.2) is 10.2 Å². The normalized spacial score (nSPS) is 44.8. The molecule has 0 unspecified atom stereocenters. The van der Waals surface area contributed by atoms with E-state index in [1.807, 2.05) is 0 Å². The van der Waals surface area contributed by atoms with E-state index in [0.29, 0.717) is 12.0 Å². The van der Waals surface area contributed by atoms with Crippen LogP contribution in [-0.4, -0.2) is 26.5 Å². The Bertz CT molecular complexity index is 339. The van der Waals surface area contributed by atoms with E-state index in [1.165, 1.54) is 32.1 Å².